The molecule has 2 aliphatic rings. The van der Waals surface area contributed by atoms with Crippen LogP contribution in [0.1, 0.15) is 45.9 Å². The molecule has 1 saturated heterocycles. The van der Waals surface area contributed by atoms with Gasteiger partial charge in [-0.25, -0.2) is 0 Å². The van der Waals surface area contributed by atoms with Gasteiger partial charge >= 0.3 is 0 Å². The van der Waals surface area contributed by atoms with E-state index in [-0.39, 0.29) is 0 Å². The van der Waals surface area contributed by atoms with Gasteiger partial charge in [-0.1, -0.05) is 24.3 Å². The van der Waals surface area contributed by atoms with Crippen molar-refractivity contribution in [3.8, 4) is 0 Å². The number of hydrogen-bond donors (Lipinski definition) is 3. The first kappa shape index (κ1) is 20.7. The largest absolute Gasteiger partial charge is 0.388 e. The van der Waals surface area contributed by atoms with E-state index in [2.05, 4.69) is 25.1 Å². The third-order valence-corrected chi connectivity index (χ3v) is 7.02. The zero-order valence-corrected chi connectivity index (χ0v) is 17.6. The van der Waals surface area contributed by atoms with Gasteiger partial charge in [-0.15, -0.1) is 11.3 Å². The SMILES string of the molecule is Cc1ccc(C2O[C@H](C)[C@@H](O)[C@H](O)[C@H]2O)cc1Cc1ccc(C2=CCOCC2)s1. The smallest absolute Gasteiger partial charge is 0.113 e. The highest BCUT2D eigenvalue weighted by atomic mass is 32.1. The highest BCUT2D eigenvalue weighted by Gasteiger charge is 2.42. The second kappa shape index (κ2) is 8.68. The van der Waals surface area contributed by atoms with Crippen LogP contribution in [0.2, 0.25) is 0 Å². The molecule has 2 aromatic rings. The van der Waals surface area contributed by atoms with Gasteiger partial charge in [0.25, 0.3) is 0 Å². The summed E-state index contributed by atoms with van der Waals surface area (Å²) >= 11 is 1.81. The zero-order valence-electron chi connectivity index (χ0n) is 16.7. The van der Waals surface area contributed by atoms with Crippen molar-refractivity contribution in [2.24, 2.45) is 0 Å². The lowest BCUT2D eigenvalue weighted by Gasteiger charge is -2.39. The first-order valence-corrected chi connectivity index (χ1v) is 10.9. The van der Waals surface area contributed by atoms with Crippen molar-refractivity contribution in [2.75, 3.05) is 13.2 Å². The molecule has 1 aromatic heterocycles. The van der Waals surface area contributed by atoms with E-state index in [4.69, 9.17) is 9.47 Å². The number of benzene rings is 1. The molecule has 0 aliphatic carbocycles. The molecular weight excluding hydrogens is 388 g/mol. The molecule has 3 N–H and O–H groups in total. The fourth-order valence-electron chi connectivity index (χ4n) is 3.97. The van der Waals surface area contributed by atoms with Gasteiger partial charge in [0.15, 0.2) is 0 Å². The van der Waals surface area contributed by atoms with Crippen LogP contribution in [-0.2, 0) is 15.9 Å². The van der Waals surface area contributed by atoms with Crippen molar-refractivity contribution in [3.05, 3.63) is 62.9 Å². The van der Waals surface area contributed by atoms with E-state index < -0.39 is 30.5 Å². The molecule has 2 aliphatic heterocycles. The topological polar surface area (TPSA) is 79.2 Å². The Morgan fingerprint density at radius 3 is 2.66 bits per heavy atom. The molecule has 0 radical (unpaired) electrons. The molecule has 29 heavy (non-hydrogen) atoms. The van der Waals surface area contributed by atoms with E-state index in [9.17, 15) is 15.3 Å². The molecule has 0 spiro atoms. The monoisotopic (exact) mass is 416 g/mol. The van der Waals surface area contributed by atoms with Crippen molar-refractivity contribution in [3.63, 3.8) is 0 Å². The molecule has 0 bridgehead atoms. The molecule has 0 amide bonds. The molecule has 1 aromatic carbocycles. The van der Waals surface area contributed by atoms with E-state index in [1.165, 1.54) is 26.5 Å². The van der Waals surface area contributed by atoms with E-state index >= 15 is 0 Å². The average Bonchev–Trinajstić information content (AvgIpc) is 3.20. The van der Waals surface area contributed by atoms with Crippen LogP contribution in [-0.4, -0.2) is 52.9 Å². The standard InChI is InChI=1S/C23H28O5S/c1-13-3-4-16(23-22(26)21(25)20(24)14(2)28-23)11-17(13)12-18-5-6-19(29-18)15-7-9-27-10-8-15/h3-7,11,14,20-26H,8-10,12H2,1-2H3/t14-,20-,21+,22-,23?/m1/s1. The number of rotatable bonds is 4. The van der Waals surface area contributed by atoms with Crippen LogP contribution in [0.5, 0.6) is 0 Å². The normalized spacial score (nSPS) is 30.2. The number of ether oxygens (including phenoxy) is 2. The van der Waals surface area contributed by atoms with Gasteiger partial charge < -0.3 is 24.8 Å². The van der Waals surface area contributed by atoms with Gasteiger partial charge in [0.05, 0.1) is 19.3 Å². The summed E-state index contributed by atoms with van der Waals surface area (Å²) in [6.45, 7) is 5.25. The predicted octanol–water partition coefficient (Wildman–Crippen LogP) is 2.99. The van der Waals surface area contributed by atoms with Crippen LogP contribution >= 0.6 is 11.3 Å². The van der Waals surface area contributed by atoms with E-state index in [0.29, 0.717) is 6.61 Å². The van der Waals surface area contributed by atoms with Gasteiger partial charge in [0.1, 0.15) is 24.4 Å². The Kier molecular flexibility index (Phi) is 6.20. The van der Waals surface area contributed by atoms with Gasteiger partial charge in [-0.2, -0.15) is 0 Å². The zero-order chi connectivity index (χ0) is 20.5. The maximum absolute atomic E-state index is 10.4. The minimum atomic E-state index is -1.22. The summed E-state index contributed by atoms with van der Waals surface area (Å²) in [5, 5.41) is 30.5. The number of aliphatic hydroxyl groups excluding tert-OH is 3. The second-order valence-electron chi connectivity index (χ2n) is 7.92. The summed E-state index contributed by atoms with van der Waals surface area (Å²) in [4.78, 5) is 2.58. The molecule has 1 fully saturated rings. The highest BCUT2D eigenvalue weighted by molar-refractivity contribution is 7.13. The van der Waals surface area contributed by atoms with Crippen molar-refractivity contribution in [1.82, 2.24) is 0 Å². The van der Waals surface area contributed by atoms with Gasteiger partial charge in [-0.3, -0.25) is 0 Å². The minimum Gasteiger partial charge on any atom is -0.388 e. The summed E-state index contributed by atoms with van der Waals surface area (Å²) in [5.41, 5.74) is 4.52. The Hall–Kier alpha value is -1.54. The summed E-state index contributed by atoms with van der Waals surface area (Å²) in [6, 6.07) is 10.4. The van der Waals surface area contributed by atoms with Crippen LogP contribution in [0.15, 0.2) is 36.4 Å². The fraction of sp³-hybridized carbons (Fsp3) is 0.478. The number of hydrogen-bond acceptors (Lipinski definition) is 6. The maximum atomic E-state index is 10.4. The summed E-state index contributed by atoms with van der Waals surface area (Å²) in [6.07, 6.45) is -0.755. The van der Waals surface area contributed by atoms with Gasteiger partial charge in [0, 0.05) is 16.2 Å². The highest BCUT2D eigenvalue weighted by Crippen LogP contribution is 2.34. The van der Waals surface area contributed by atoms with Crippen LogP contribution in [0.3, 0.4) is 0 Å². The van der Waals surface area contributed by atoms with Crippen LogP contribution in [0.4, 0.5) is 0 Å². The lowest BCUT2D eigenvalue weighted by Crippen LogP contribution is -2.53. The van der Waals surface area contributed by atoms with E-state index in [1.54, 1.807) is 6.92 Å². The van der Waals surface area contributed by atoms with Crippen molar-refractivity contribution < 1.29 is 24.8 Å². The Labute approximate surface area is 175 Å². The lowest BCUT2D eigenvalue weighted by molar-refractivity contribution is -0.219. The quantitative estimate of drug-likeness (QED) is 0.714. The number of aryl methyl sites for hydroxylation is 1. The van der Waals surface area contributed by atoms with Crippen LogP contribution in [0, 0.1) is 6.92 Å². The maximum Gasteiger partial charge on any atom is 0.113 e. The molecule has 1 unspecified atom stereocenters. The molecular formula is C23H28O5S. The van der Waals surface area contributed by atoms with Gasteiger partial charge in [-0.05, 0) is 54.7 Å². The van der Waals surface area contributed by atoms with Crippen molar-refractivity contribution >= 4 is 16.9 Å². The molecule has 5 nitrogen and oxygen atoms in total. The first-order valence-electron chi connectivity index (χ1n) is 10.1. The Morgan fingerprint density at radius 2 is 1.90 bits per heavy atom. The minimum absolute atomic E-state index is 0.546. The third-order valence-electron chi connectivity index (χ3n) is 5.86. The van der Waals surface area contributed by atoms with Crippen molar-refractivity contribution in [2.45, 2.75) is 57.2 Å². The predicted molar refractivity (Wildman–Crippen MR) is 113 cm³/mol. The van der Waals surface area contributed by atoms with Crippen LogP contribution < -0.4 is 0 Å². The Balaban J connectivity index is 1.55. The van der Waals surface area contributed by atoms with Gasteiger partial charge in [0.2, 0.25) is 0 Å². The lowest BCUT2D eigenvalue weighted by atomic mass is 9.90. The van der Waals surface area contributed by atoms with E-state index in [0.717, 1.165) is 25.0 Å². The first-order chi connectivity index (χ1) is 13.9. The molecule has 5 atom stereocenters. The molecule has 3 heterocycles. The molecule has 6 heteroatoms. The number of thiophene rings is 1. The average molecular weight is 417 g/mol. The Morgan fingerprint density at radius 1 is 1.07 bits per heavy atom. The van der Waals surface area contributed by atoms with E-state index in [1.807, 2.05) is 29.5 Å². The fourth-order valence-corrected chi connectivity index (χ4v) is 5.07. The second-order valence-corrected chi connectivity index (χ2v) is 9.08. The molecule has 0 saturated carbocycles. The van der Waals surface area contributed by atoms with Crippen molar-refractivity contribution in [1.29, 1.82) is 0 Å². The molecule has 4 rings (SSSR count). The number of aliphatic hydroxyl groups is 3. The Bertz CT molecular complexity index is 889. The molecule has 156 valence electrons. The summed E-state index contributed by atoms with van der Waals surface area (Å²) in [7, 11) is 0. The summed E-state index contributed by atoms with van der Waals surface area (Å²) < 4.78 is 11.2. The summed E-state index contributed by atoms with van der Waals surface area (Å²) in [5.74, 6) is 0. The van der Waals surface area contributed by atoms with Crippen LogP contribution in [0.25, 0.3) is 5.57 Å². The third kappa shape index (κ3) is 4.33.